The van der Waals surface area contributed by atoms with Crippen LogP contribution < -0.4 is 5.32 Å². The van der Waals surface area contributed by atoms with Gasteiger partial charge in [0, 0.05) is 24.1 Å². The van der Waals surface area contributed by atoms with Crippen LogP contribution in [0.4, 0.5) is 0 Å². The van der Waals surface area contributed by atoms with Crippen LogP contribution in [0.2, 0.25) is 0 Å². The van der Waals surface area contributed by atoms with E-state index in [0.717, 1.165) is 11.1 Å². The van der Waals surface area contributed by atoms with E-state index in [2.05, 4.69) is 15.5 Å². The molecule has 0 aliphatic carbocycles. The summed E-state index contributed by atoms with van der Waals surface area (Å²) in [5.41, 5.74) is 2.29. The molecule has 1 amide bonds. The summed E-state index contributed by atoms with van der Waals surface area (Å²) >= 11 is 0. The number of hydrogen-bond acceptors (Lipinski definition) is 5. The first kappa shape index (κ1) is 16.9. The van der Waals surface area contributed by atoms with Gasteiger partial charge in [-0.25, -0.2) is 0 Å². The molecule has 0 aliphatic heterocycles. The summed E-state index contributed by atoms with van der Waals surface area (Å²) in [7, 11) is 0. The molecule has 2 N–H and O–H groups in total. The first-order chi connectivity index (χ1) is 12.1. The fourth-order valence-corrected chi connectivity index (χ4v) is 2.45. The van der Waals surface area contributed by atoms with Gasteiger partial charge in [-0.1, -0.05) is 35.5 Å². The van der Waals surface area contributed by atoms with Crippen molar-refractivity contribution in [1.29, 1.82) is 0 Å². The highest BCUT2D eigenvalue weighted by Crippen LogP contribution is 2.17. The summed E-state index contributed by atoms with van der Waals surface area (Å²) in [5, 5.41) is 16.5. The van der Waals surface area contributed by atoms with Gasteiger partial charge in [0.05, 0.1) is 6.10 Å². The van der Waals surface area contributed by atoms with Crippen LogP contribution in [0.1, 0.15) is 21.7 Å². The molecular formula is C19H19N3O3. The van der Waals surface area contributed by atoms with E-state index in [1.54, 1.807) is 31.2 Å². The molecule has 0 spiro atoms. The third kappa shape index (κ3) is 4.51. The van der Waals surface area contributed by atoms with Gasteiger partial charge in [-0.15, -0.1) is 0 Å². The Morgan fingerprint density at radius 2 is 1.88 bits per heavy atom. The van der Waals surface area contributed by atoms with Crippen molar-refractivity contribution in [2.75, 3.05) is 6.54 Å². The van der Waals surface area contributed by atoms with Crippen molar-refractivity contribution in [3.05, 3.63) is 71.5 Å². The van der Waals surface area contributed by atoms with Crippen molar-refractivity contribution >= 4 is 5.91 Å². The molecule has 3 aromatic rings. The maximum Gasteiger partial charge on any atom is 0.257 e. The molecule has 1 unspecified atom stereocenters. The Kier molecular flexibility index (Phi) is 5.20. The zero-order chi connectivity index (χ0) is 17.6. The predicted octanol–water partition coefficient (Wildman–Crippen LogP) is 2.38. The maximum atomic E-state index is 12.2. The lowest BCUT2D eigenvalue weighted by atomic mass is 10.1. The number of carbonyl (C=O) groups is 1. The molecule has 1 atom stereocenters. The van der Waals surface area contributed by atoms with Gasteiger partial charge in [-0.2, -0.15) is 4.98 Å². The van der Waals surface area contributed by atoms with E-state index in [4.69, 9.17) is 4.52 Å². The standard InChI is InChI=1S/C19H19N3O3/c1-13-21-19(25-22-13)16-9-7-15(8-10-16)18(24)20-12-17(23)11-14-5-3-2-4-6-14/h2-10,17,23H,11-12H2,1H3,(H,20,24). The fraction of sp³-hybridized carbons (Fsp3) is 0.211. The van der Waals surface area contributed by atoms with Crippen molar-refractivity contribution in [2.45, 2.75) is 19.4 Å². The minimum absolute atomic E-state index is 0.193. The number of benzene rings is 2. The molecule has 1 heterocycles. The zero-order valence-corrected chi connectivity index (χ0v) is 13.8. The van der Waals surface area contributed by atoms with E-state index in [9.17, 15) is 9.90 Å². The number of aryl methyl sites for hydroxylation is 1. The highest BCUT2D eigenvalue weighted by Gasteiger charge is 2.11. The number of nitrogens with one attached hydrogen (secondary N) is 1. The van der Waals surface area contributed by atoms with Gasteiger partial charge in [0.2, 0.25) is 0 Å². The van der Waals surface area contributed by atoms with E-state index < -0.39 is 6.10 Å². The van der Waals surface area contributed by atoms with Crippen LogP contribution in [-0.4, -0.2) is 33.8 Å². The van der Waals surface area contributed by atoms with Gasteiger partial charge in [0.1, 0.15) is 0 Å². The normalized spacial score (nSPS) is 11.9. The van der Waals surface area contributed by atoms with E-state index in [0.29, 0.717) is 23.7 Å². The summed E-state index contributed by atoms with van der Waals surface area (Å²) in [4.78, 5) is 16.3. The molecule has 0 bridgehead atoms. The minimum atomic E-state index is -0.632. The van der Waals surface area contributed by atoms with Gasteiger partial charge in [-0.05, 0) is 36.8 Å². The largest absolute Gasteiger partial charge is 0.391 e. The van der Waals surface area contributed by atoms with Crippen molar-refractivity contribution < 1.29 is 14.4 Å². The Labute approximate surface area is 145 Å². The van der Waals surface area contributed by atoms with E-state index in [1.807, 2.05) is 30.3 Å². The van der Waals surface area contributed by atoms with Crippen molar-refractivity contribution in [3.8, 4) is 11.5 Å². The Hall–Kier alpha value is -2.99. The lowest BCUT2D eigenvalue weighted by Crippen LogP contribution is -2.33. The second kappa shape index (κ2) is 7.72. The van der Waals surface area contributed by atoms with Crippen molar-refractivity contribution in [1.82, 2.24) is 15.5 Å². The second-order valence-electron chi connectivity index (χ2n) is 5.78. The third-order valence-corrected chi connectivity index (χ3v) is 3.73. The number of rotatable bonds is 6. The first-order valence-electron chi connectivity index (χ1n) is 8.03. The highest BCUT2D eigenvalue weighted by molar-refractivity contribution is 5.94. The SMILES string of the molecule is Cc1noc(-c2ccc(C(=O)NCC(O)Cc3ccccc3)cc2)n1. The number of aliphatic hydroxyl groups excluding tert-OH is 1. The molecule has 2 aromatic carbocycles. The van der Waals surface area contributed by atoms with E-state index >= 15 is 0 Å². The number of nitrogens with zero attached hydrogens (tertiary/aromatic N) is 2. The van der Waals surface area contributed by atoms with E-state index in [-0.39, 0.29) is 12.5 Å². The highest BCUT2D eigenvalue weighted by atomic mass is 16.5. The van der Waals surface area contributed by atoms with Gasteiger partial charge >= 0.3 is 0 Å². The molecule has 6 nitrogen and oxygen atoms in total. The van der Waals surface area contributed by atoms with Crippen molar-refractivity contribution in [2.24, 2.45) is 0 Å². The minimum Gasteiger partial charge on any atom is -0.391 e. The number of hydrogen-bond donors (Lipinski definition) is 2. The molecule has 3 rings (SSSR count). The number of carbonyl (C=O) groups excluding carboxylic acids is 1. The zero-order valence-electron chi connectivity index (χ0n) is 13.8. The van der Waals surface area contributed by atoms with Gasteiger partial charge < -0.3 is 14.9 Å². The van der Waals surface area contributed by atoms with Crippen LogP contribution in [0, 0.1) is 6.92 Å². The summed E-state index contributed by atoms with van der Waals surface area (Å²) in [6.45, 7) is 1.94. The van der Waals surface area contributed by atoms with Crippen LogP contribution in [0.3, 0.4) is 0 Å². The Bertz CT molecular complexity index is 829. The molecule has 0 radical (unpaired) electrons. The third-order valence-electron chi connectivity index (χ3n) is 3.73. The quantitative estimate of drug-likeness (QED) is 0.721. The topological polar surface area (TPSA) is 88.2 Å². The molecule has 25 heavy (non-hydrogen) atoms. The predicted molar refractivity (Wildman–Crippen MR) is 93.0 cm³/mol. The van der Waals surface area contributed by atoms with Gasteiger partial charge in [0.15, 0.2) is 5.82 Å². The molecule has 128 valence electrons. The van der Waals surface area contributed by atoms with Gasteiger partial charge in [-0.3, -0.25) is 4.79 Å². The summed E-state index contributed by atoms with van der Waals surface area (Å²) in [6.07, 6.45) is -0.136. The molecule has 0 saturated heterocycles. The van der Waals surface area contributed by atoms with Crippen LogP contribution >= 0.6 is 0 Å². The molecule has 0 saturated carbocycles. The summed E-state index contributed by atoms with van der Waals surface area (Å²) in [6, 6.07) is 16.6. The Morgan fingerprint density at radius 3 is 2.52 bits per heavy atom. The first-order valence-corrected chi connectivity index (χ1v) is 8.03. The molecule has 6 heteroatoms. The average Bonchev–Trinajstić information content (AvgIpc) is 3.07. The molecular weight excluding hydrogens is 318 g/mol. The van der Waals surface area contributed by atoms with Crippen LogP contribution in [-0.2, 0) is 6.42 Å². The lowest BCUT2D eigenvalue weighted by Gasteiger charge is -2.12. The van der Waals surface area contributed by atoms with Crippen LogP contribution in [0.5, 0.6) is 0 Å². The van der Waals surface area contributed by atoms with Crippen molar-refractivity contribution in [3.63, 3.8) is 0 Å². The second-order valence-corrected chi connectivity index (χ2v) is 5.78. The smallest absolute Gasteiger partial charge is 0.257 e. The average molecular weight is 337 g/mol. The number of amides is 1. The summed E-state index contributed by atoms with van der Waals surface area (Å²) in [5.74, 6) is 0.743. The monoisotopic (exact) mass is 337 g/mol. The molecule has 0 fully saturated rings. The molecule has 1 aromatic heterocycles. The maximum absolute atomic E-state index is 12.2. The van der Waals surface area contributed by atoms with Gasteiger partial charge in [0.25, 0.3) is 11.8 Å². The summed E-state index contributed by atoms with van der Waals surface area (Å²) < 4.78 is 5.09. The van der Waals surface area contributed by atoms with Crippen LogP contribution in [0.25, 0.3) is 11.5 Å². The number of aromatic nitrogens is 2. The Morgan fingerprint density at radius 1 is 1.16 bits per heavy atom. The molecule has 0 aliphatic rings. The number of aliphatic hydroxyl groups is 1. The fourth-order valence-electron chi connectivity index (χ4n) is 2.45. The van der Waals surface area contributed by atoms with E-state index in [1.165, 1.54) is 0 Å². The lowest BCUT2D eigenvalue weighted by molar-refractivity contribution is 0.0916. The Balaban J connectivity index is 1.54. The van der Waals surface area contributed by atoms with Crippen LogP contribution in [0.15, 0.2) is 59.1 Å².